The van der Waals surface area contributed by atoms with Crippen molar-refractivity contribution in [3.05, 3.63) is 36.2 Å². The molecule has 0 saturated carbocycles. The number of rotatable bonds is 4. The average molecular weight is 421 g/mol. The highest BCUT2D eigenvalue weighted by atomic mass is 32.2. The Morgan fingerprint density at radius 2 is 2.14 bits per heavy atom. The molecule has 154 valence electrons. The van der Waals surface area contributed by atoms with Crippen LogP contribution >= 0.6 is 11.8 Å². The normalized spacial score (nSPS) is 18.3. The van der Waals surface area contributed by atoms with Gasteiger partial charge in [0.05, 0.1) is 5.69 Å². The van der Waals surface area contributed by atoms with Crippen LogP contribution in [-0.2, 0) is 6.18 Å². The van der Waals surface area contributed by atoms with E-state index >= 15 is 0 Å². The number of likely N-dealkylation sites (tertiary alicyclic amines) is 1. The number of hydrogen-bond donors (Lipinski definition) is 2. The van der Waals surface area contributed by atoms with Gasteiger partial charge in [0.25, 0.3) is 0 Å². The Labute approximate surface area is 171 Å². The number of likely N-dealkylation sites (N-methyl/N-ethyl adjacent to an activating group) is 1. The van der Waals surface area contributed by atoms with Crippen LogP contribution in [0.4, 0.5) is 19.1 Å². The standard InChI is InChI=1S/C20H22F3N5S/c1-28-7-3-4-12(11-28)26-19-25-10-16(20(21,22)23)18(27-19)15-9-24-17-8-13(29-2)5-6-14(15)17/h5-6,8-10,12,24H,3-4,7,11H2,1-2H3,(H,25,26,27). The van der Waals surface area contributed by atoms with Crippen LogP contribution < -0.4 is 5.32 Å². The van der Waals surface area contributed by atoms with E-state index in [1.807, 2.05) is 31.5 Å². The topological polar surface area (TPSA) is 56.8 Å². The number of halogens is 3. The van der Waals surface area contributed by atoms with E-state index in [9.17, 15) is 13.2 Å². The lowest BCUT2D eigenvalue weighted by atomic mass is 10.1. The Hall–Kier alpha value is -2.26. The molecule has 2 N–H and O–H groups in total. The number of alkyl halides is 3. The molecule has 1 aliphatic rings. The number of H-pyrrole nitrogens is 1. The zero-order valence-corrected chi connectivity index (χ0v) is 17.0. The van der Waals surface area contributed by atoms with Crippen LogP contribution in [0.25, 0.3) is 22.2 Å². The highest BCUT2D eigenvalue weighted by molar-refractivity contribution is 7.98. The first-order valence-corrected chi connectivity index (χ1v) is 10.6. The summed E-state index contributed by atoms with van der Waals surface area (Å²) in [5.74, 6) is 0.225. The quantitative estimate of drug-likeness (QED) is 0.589. The molecule has 3 aromatic rings. The molecule has 0 amide bonds. The number of aromatic amines is 1. The molecule has 2 aromatic heterocycles. The molecule has 9 heteroatoms. The number of hydrogen-bond acceptors (Lipinski definition) is 5. The minimum absolute atomic E-state index is 0.109. The van der Waals surface area contributed by atoms with Crippen LogP contribution in [0.3, 0.4) is 0 Å². The van der Waals surface area contributed by atoms with Gasteiger partial charge in [-0.1, -0.05) is 6.07 Å². The smallest absolute Gasteiger partial charge is 0.360 e. The van der Waals surface area contributed by atoms with Gasteiger partial charge in [-0.25, -0.2) is 9.97 Å². The summed E-state index contributed by atoms with van der Waals surface area (Å²) >= 11 is 1.58. The molecule has 1 saturated heterocycles. The molecule has 4 rings (SSSR count). The molecular weight excluding hydrogens is 399 g/mol. The maximum Gasteiger partial charge on any atom is 0.419 e. The maximum absolute atomic E-state index is 13.7. The molecule has 0 bridgehead atoms. The molecule has 0 spiro atoms. The van der Waals surface area contributed by atoms with E-state index in [2.05, 4.69) is 25.2 Å². The SMILES string of the molecule is CSc1ccc2c(-c3nc(NC4CCCN(C)C4)ncc3C(F)(F)F)c[nH]c2c1. The van der Waals surface area contributed by atoms with Crippen LogP contribution in [0.15, 0.2) is 35.5 Å². The van der Waals surface area contributed by atoms with E-state index in [1.54, 1.807) is 18.0 Å². The Kier molecular flexibility index (Phi) is 5.44. The summed E-state index contributed by atoms with van der Waals surface area (Å²) in [5.41, 5.74) is 0.258. The van der Waals surface area contributed by atoms with E-state index in [0.717, 1.165) is 42.5 Å². The second-order valence-electron chi connectivity index (χ2n) is 7.31. The summed E-state index contributed by atoms with van der Waals surface area (Å²) in [6, 6.07) is 5.77. The molecule has 29 heavy (non-hydrogen) atoms. The minimum atomic E-state index is -4.54. The van der Waals surface area contributed by atoms with Gasteiger partial charge in [0.1, 0.15) is 5.56 Å². The number of anilines is 1. The number of piperidine rings is 1. The molecule has 1 aliphatic heterocycles. The highest BCUT2D eigenvalue weighted by Gasteiger charge is 2.36. The van der Waals surface area contributed by atoms with Gasteiger partial charge in [-0.2, -0.15) is 13.2 Å². The van der Waals surface area contributed by atoms with E-state index in [0.29, 0.717) is 10.9 Å². The van der Waals surface area contributed by atoms with Gasteiger partial charge in [-0.05, 0) is 44.8 Å². The third-order valence-electron chi connectivity index (χ3n) is 5.20. The molecule has 0 aliphatic carbocycles. The van der Waals surface area contributed by atoms with Crippen molar-refractivity contribution < 1.29 is 13.2 Å². The fourth-order valence-corrected chi connectivity index (χ4v) is 4.20. The zero-order valence-electron chi connectivity index (χ0n) is 16.2. The molecule has 1 fully saturated rings. The largest absolute Gasteiger partial charge is 0.419 e. The molecule has 5 nitrogen and oxygen atoms in total. The number of nitrogens with one attached hydrogen (secondary N) is 2. The van der Waals surface area contributed by atoms with Crippen molar-refractivity contribution in [1.82, 2.24) is 19.9 Å². The third-order valence-corrected chi connectivity index (χ3v) is 5.92. The lowest BCUT2D eigenvalue weighted by molar-refractivity contribution is -0.137. The fraction of sp³-hybridized carbons (Fsp3) is 0.400. The van der Waals surface area contributed by atoms with Gasteiger partial charge in [0.2, 0.25) is 5.95 Å². The molecule has 0 radical (unpaired) electrons. The maximum atomic E-state index is 13.7. The monoisotopic (exact) mass is 421 g/mol. The van der Waals surface area contributed by atoms with Crippen molar-refractivity contribution in [2.45, 2.75) is 30.0 Å². The summed E-state index contributed by atoms with van der Waals surface area (Å²) in [6.45, 7) is 1.83. The van der Waals surface area contributed by atoms with Crippen molar-refractivity contribution in [3.63, 3.8) is 0 Å². The predicted molar refractivity (Wildman–Crippen MR) is 110 cm³/mol. The Bertz CT molecular complexity index is 1020. The summed E-state index contributed by atoms with van der Waals surface area (Å²) in [4.78, 5) is 14.6. The van der Waals surface area contributed by atoms with E-state index in [-0.39, 0.29) is 17.7 Å². The van der Waals surface area contributed by atoms with Gasteiger partial charge in [0, 0.05) is 46.3 Å². The average Bonchev–Trinajstić information content (AvgIpc) is 3.10. The number of aromatic nitrogens is 3. The lowest BCUT2D eigenvalue weighted by Gasteiger charge is -2.30. The summed E-state index contributed by atoms with van der Waals surface area (Å²) in [7, 11) is 2.03. The van der Waals surface area contributed by atoms with Gasteiger partial charge in [0.15, 0.2) is 0 Å². The molecule has 1 unspecified atom stereocenters. The number of thioether (sulfide) groups is 1. The highest BCUT2D eigenvalue weighted by Crippen LogP contribution is 2.39. The van der Waals surface area contributed by atoms with Crippen LogP contribution in [-0.4, -0.2) is 52.3 Å². The zero-order chi connectivity index (χ0) is 20.6. The van der Waals surface area contributed by atoms with Gasteiger partial charge < -0.3 is 15.2 Å². The Balaban J connectivity index is 1.76. The first kappa shape index (κ1) is 20.0. The summed E-state index contributed by atoms with van der Waals surface area (Å²) in [6.07, 6.45) is 1.85. The predicted octanol–water partition coefficient (Wildman–Crippen LogP) is 4.87. The van der Waals surface area contributed by atoms with E-state index in [1.165, 1.54) is 0 Å². The summed E-state index contributed by atoms with van der Waals surface area (Å²) < 4.78 is 41.0. The van der Waals surface area contributed by atoms with Crippen molar-refractivity contribution >= 4 is 28.6 Å². The lowest BCUT2D eigenvalue weighted by Crippen LogP contribution is -2.40. The second-order valence-corrected chi connectivity index (χ2v) is 8.19. The number of nitrogens with zero attached hydrogens (tertiary/aromatic N) is 3. The van der Waals surface area contributed by atoms with Crippen molar-refractivity contribution in [3.8, 4) is 11.3 Å². The van der Waals surface area contributed by atoms with Crippen LogP contribution in [0, 0.1) is 0 Å². The number of benzene rings is 1. The van der Waals surface area contributed by atoms with Crippen molar-refractivity contribution in [1.29, 1.82) is 0 Å². The second kappa shape index (κ2) is 7.87. The molecular formula is C20H22F3N5S. The Morgan fingerprint density at radius 1 is 1.31 bits per heavy atom. The van der Waals surface area contributed by atoms with Crippen LogP contribution in [0.5, 0.6) is 0 Å². The van der Waals surface area contributed by atoms with Crippen LogP contribution in [0.1, 0.15) is 18.4 Å². The molecule has 1 atom stereocenters. The van der Waals surface area contributed by atoms with Gasteiger partial charge in [-0.15, -0.1) is 11.8 Å². The first-order valence-electron chi connectivity index (χ1n) is 9.40. The number of fused-ring (bicyclic) bond motifs is 1. The third kappa shape index (κ3) is 4.20. The van der Waals surface area contributed by atoms with E-state index in [4.69, 9.17) is 0 Å². The molecule has 1 aromatic carbocycles. The van der Waals surface area contributed by atoms with Crippen molar-refractivity contribution in [2.75, 3.05) is 31.7 Å². The van der Waals surface area contributed by atoms with E-state index < -0.39 is 11.7 Å². The minimum Gasteiger partial charge on any atom is -0.360 e. The van der Waals surface area contributed by atoms with Crippen molar-refractivity contribution in [2.24, 2.45) is 0 Å². The first-order chi connectivity index (χ1) is 13.8. The Morgan fingerprint density at radius 3 is 2.86 bits per heavy atom. The summed E-state index contributed by atoms with van der Waals surface area (Å²) in [5, 5.41) is 3.92. The fourth-order valence-electron chi connectivity index (χ4n) is 3.76. The van der Waals surface area contributed by atoms with Crippen LogP contribution in [0.2, 0.25) is 0 Å². The molecule has 3 heterocycles. The van der Waals surface area contributed by atoms with Gasteiger partial charge in [-0.3, -0.25) is 0 Å². The van der Waals surface area contributed by atoms with Gasteiger partial charge >= 0.3 is 6.18 Å².